The van der Waals surface area contributed by atoms with Gasteiger partial charge in [-0.2, -0.15) is 4.98 Å². The maximum atomic E-state index is 6.01. The minimum absolute atomic E-state index is 0.119. The maximum absolute atomic E-state index is 6.01. The van der Waals surface area contributed by atoms with Gasteiger partial charge in [0.25, 0.3) is 0 Å². The molecule has 0 radical (unpaired) electrons. The van der Waals surface area contributed by atoms with Crippen LogP contribution in [0.4, 0.5) is 0 Å². The molecule has 3 heterocycles. The molecule has 0 fully saturated rings. The average molecular weight is 327 g/mol. The van der Waals surface area contributed by atoms with Crippen molar-refractivity contribution in [2.24, 2.45) is 0 Å². The number of likely N-dealkylation sites (N-methyl/N-ethyl adjacent to an activating group) is 1. The van der Waals surface area contributed by atoms with Crippen LogP contribution in [-0.2, 0) is 13.0 Å². The molecule has 0 N–H and O–H groups in total. The predicted molar refractivity (Wildman–Crippen MR) is 88.5 cm³/mol. The summed E-state index contributed by atoms with van der Waals surface area (Å²) in [4.78, 5) is 11.1. The van der Waals surface area contributed by atoms with E-state index in [0.717, 1.165) is 54.0 Å². The highest BCUT2D eigenvalue weighted by Crippen LogP contribution is 2.33. The van der Waals surface area contributed by atoms with Crippen LogP contribution in [0.15, 0.2) is 18.2 Å². The van der Waals surface area contributed by atoms with E-state index in [1.807, 2.05) is 26.0 Å². The molecule has 24 heavy (non-hydrogen) atoms. The SMILES string of the molecule is Cc1nc(C)c2c(n1)O[C@H](CN(C)Cc1ccc3c(c1)OCO3)C2. The predicted octanol–water partition coefficient (Wildman–Crippen LogP) is 2.26. The minimum Gasteiger partial charge on any atom is -0.472 e. The summed E-state index contributed by atoms with van der Waals surface area (Å²) in [5.74, 6) is 3.16. The number of nitrogens with zero attached hydrogens (tertiary/aromatic N) is 3. The molecule has 6 heteroatoms. The van der Waals surface area contributed by atoms with Gasteiger partial charge in [-0.3, -0.25) is 4.90 Å². The molecular weight excluding hydrogens is 306 g/mol. The van der Waals surface area contributed by atoms with Gasteiger partial charge < -0.3 is 14.2 Å². The van der Waals surface area contributed by atoms with Crippen LogP contribution in [0.5, 0.6) is 17.4 Å². The molecule has 6 nitrogen and oxygen atoms in total. The van der Waals surface area contributed by atoms with E-state index < -0.39 is 0 Å². The summed E-state index contributed by atoms with van der Waals surface area (Å²) in [7, 11) is 2.10. The highest BCUT2D eigenvalue weighted by Gasteiger charge is 2.27. The minimum atomic E-state index is 0.119. The van der Waals surface area contributed by atoms with Gasteiger partial charge in [0.2, 0.25) is 12.7 Å². The molecule has 0 saturated carbocycles. The number of hydrogen-bond acceptors (Lipinski definition) is 6. The zero-order valence-corrected chi connectivity index (χ0v) is 14.2. The molecule has 1 aromatic carbocycles. The summed E-state index contributed by atoms with van der Waals surface area (Å²) >= 11 is 0. The molecule has 2 aromatic rings. The largest absolute Gasteiger partial charge is 0.472 e. The zero-order chi connectivity index (χ0) is 16.7. The van der Waals surface area contributed by atoms with E-state index in [9.17, 15) is 0 Å². The molecule has 0 aliphatic carbocycles. The fourth-order valence-corrected chi connectivity index (χ4v) is 3.33. The van der Waals surface area contributed by atoms with Crippen molar-refractivity contribution in [1.82, 2.24) is 14.9 Å². The fourth-order valence-electron chi connectivity index (χ4n) is 3.33. The standard InChI is InChI=1S/C18H21N3O3/c1-11-15-7-14(24-18(15)20-12(2)19-11)9-21(3)8-13-4-5-16-17(6-13)23-10-22-16/h4-6,14H,7-10H2,1-3H3/t14-/m0/s1. The van der Waals surface area contributed by atoms with Crippen molar-refractivity contribution in [2.75, 3.05) is 20.4 Å². The topological polar surface area (TPSA) is 56.7 Å². The molecule has 4 rings (SSSR count). The quantitative estimate of drug-likeness (QED) is 0.858. The summed E-state index contributed by atoms with van der Waals surface area (Å²) in [5.41, 5.74) is 3.37. The Bertz CT molecular complexity index is 778. The third kappa shape index (κ3) is 2.89. The van der Waals surface area contributed by atoms with Crippen molar-refractivity contribution in [3.63, 3.8) is 0 Å². The van der Waals surface area contributed by atoms with Gasteiger partial charge in [0.1, 0.15) is 11.9 Å². The van der Waals surface area contributed by atoms with Gasteiger partial charge in [0.15, 0.2) is 11.5 Å². The van der Waals surface area contributed by atoms with Gasteiger partial charge in [-0.15, -0.1) is 0 Å². The van der Waals surface area contributed by atoms with Crippen molar-refractivity contribution in [3.05, 3.63) is 40.8 Å². The monoisotopic (exact) mass is 327 g/mol. The second kappa shape index (κ2) is 5.94. The number of ether oxygens (including phenoxy) is 3. The second-order valence-corrected chi connectivity index (χ2v) is 6.47. The molecule has 0 amide bonds. The van der Waals surface area contributed by atoms with Crippen LogP contribution >= 0.6 is 0 Å². The van der Waals surface area contributed by atoms with E-state index >= 15 is 0 Å². The fraction of sp³-hybridized carbons (Fsp3) is 0.444. The van der Waals surface area contributed by atoms with Gasteiger partial charge in [-0.25, -0.2) is 4.98 Å². The first-order valence-corrected chi connectivity index (χ1v) is 8.16. The van der Waals surface area contributed by atoms with Crippen molar-refractivity contribution < 1.29 is 14.2 Å². The van der Waals surface area contributed by atoms with E-state index in [2.05, 4.69) is 28.0 Å². The molecule has 2 aliphatic heterocycles. The summed E-state index contributed by atoms with van der Waals surface area (Å²) in [5, 5.41) is 0. The van der Waals surface area contributed by atoms with Gasteiger partial charge in [0.05, 0.1) is 0 Å². The lowest BCUT2D eigenvalue weighted by atomic mass is 10.1. The molecule has 1 atom stereocenters. The first kappa shape index (κ1) is 15.2. The Morgan fingerprint density at radius 1 is 1.17 bits per heavy atom. The Morgan fingerprint density at radius 2 is 2.00 bits per heavy atom. The van der Waals surface area contributed by atoms with Crippen LogP contribution in [0.25, 0.3) is 0 Å². The molecule has 0 unspecified atom stereocenters. The van der Waals surface area contributed by atoms with E-state index in [1.54, 1.807) is 0 Å². The Balaban J connectivity index is 1.39. The van der Waals surface area contributed by atoms with E-state index in [4.69, 9.17) is 14.2 Å². The van der Waals surface area contributed by atoms with Crippen LogP contribution in [-0.4, -0.2) is 41.4 Å². The first-order valence-electron chi connectivity index (χ1n) is 8.16. The third-order valence-corrected chi connectivity index (χ3v) is 4.40. The number of rotatable bonds is 4. The number of benzene rings is 1. The Hall–Kier alpha value is -2.34. The average Bonchev–Trinajstić information content (AvgIpc) is 3.12. The van der Waals surface area contributed by atoms with Crippen LogP contribution in [0.2, 0.25) is 0 Å². The number of aryl methyl sites for hydroxylation is 2. The Kier molecular flexibility index (Phi) is 3.76. The molecular formula is C18H21N3O3. The summed E-state index contributed by atoms with van der Waals surface area (Å²) in [6, 6.07) is 6.09. The lowest BCUT2D eigenvalue weighted by Gasteiger charge is -2.20. The first-order chi connectivity index (χ1) is 11.6. The number of aromatic nitrogens is 2. The van der Waals surface area contributed by atoms with Crippen LogP contribution in [0.1, 0.15) is 22.6 Å². The van der Waals surface area contributed by atoms with Gasteiger partial charge in [-0.1, -0.05) is 6.07 Å². The van der Waals surface area contributed by atoms with Gasteiger partial charge >= 0.3 is 0 Å². The van der Waals surface area contributed by atoms with Crippen molar-refractivity contribution in [1.29, 1.82) is 0 Å². The summed E-state index contributed by atoms with van der Waals surface area (Å²) in [6.45, 7) is 5.90. The number of hydrogen-bond donors (Lipinski definition) is 0. The van der Waals surface area contributed by atoms with Crippen LogP contribution in [0, 0.1) is 13.8 Å². The molecule has 0 bridgehead atoms. The number of fused-ring (bicyclic) bond motifs is 2. The van der Waals surface area contributed by atoms with Crippen LogP contribution < -0.4 is 14.2 Å². The van der Waals surface area contributed by atoms with Crippen LogP contribution in [0.3, 0.4) is 0 Å². The van der Waals surface area contributed by atoms with E-state index in [0.29, 0.717) is 6.79 Å². The Morgan fingerprint density at radius 3 is 2.88 bits per heavy atom. The van der Waals surface area contributed by atoms with E-state index in [1.165, 1.54) is 5.56 Å². The van der Waals surface area contributed by atoms with Crippen molar-refractivity contribution >= 4 is 0 Å². The van der Waals surface area contributed by atoms with Crippen molar-refractivity contribution in [3.8, 4) is 17.4 Å². The zero-order valence-electron chi connectivity index (χ0n) is 14.2. The summed E-state index contributed by atoms with van der Waals surface area (Å²) < 4.78 is 16.8. The maximum Gasteiger partial charge on any atom is 0.231 e. The molecule has 126 valence electrons. The molecule has 2 aliphatic rings. The molecule has 1 aromatic heterocycles. The van der Waals surface area contributed by atoms with Gasteiger partial charge in [0, 0.05) is 30.8 Å². The van der Waals surface area contributed by atoms with Gasteiger partial charge in [-0.05, 0) is 38.6 Å². The van der Waals surface area contributed by atoms with Crippen molar-refractivity contribution in [2.45, 2.75) is 32.9 Å². The lowest BCUT2D eigenvalue weighted by molar-refractivity contribution is 0.160. The summed E-state index contributed by atoms with van der Waals surface area (Å²) in [6.07, 6.45) is 0.987. The normalized spacial score (nSPS) is 17.9. The third-order valence-electron chi connectivity index (χ3n) is 4.40. The molecule has 0 spiro atoms. The second-order valence-electron chi connectivity index (χ2n) is 6.47. The smallest absolute Gasteiger partial charge is 0.231 e. The Labute approximate surface area is 141 Å². The molecule has 0 saturated heterocycles. The highest BCUT2D eigenvalue weighted by molar-refractivity contribution is 5.44. The van der Waals surface area contributed by atoms with E-state index in [-0.39, 0.29) is 6.10 Å². The highest BCUT2D eigenvalue weighted by atomic mass is 16.7. The lowest BCUT2D eigenvalue weighted by Crippen LogP contribution is -2.31.